The Labute approximate surface area is 139 Å². The minimum Gasteiger partial charge on any atom is -0.423 e. The average molecular weight is 327 g/mol. The normalized spacial score (nSPS) is 16.2. The molecule has 0 amide bonds. The van der Waals surface area contributed by atoms with Crippen LogP contribution in [0.5, 0.6) is 0 Å². The van der Waals surface area contributed by atoms with Crippen LogP contribution in [0.15, 0.2) is 27.4 Å². The molecule has 4 rings (SSSR count). The first-order chi connectivity index (χ1) is 11.7. The zero-order valence-corrected chi connectivity index (χ0v) is 14.0. The topological polar surface area (TPSA) is 80.0 Å². The van der Waals surface area contributed by atoms with E-state index in [1.807, 2.05) is 25.1 Å². The van der Waals surface area contributed by atoms with Gasteiger partial charge in [-0.2, -0.15) is 10.1 Å². The van der Waals surface area contributed by atoms with E-state index in [0.29, 0.717) is 18.5 Å². The highest BCUT2D eigenvalue weighted by Crippen LogP contribution is 2.30. The van der Waals surface area contributed by atoms with Crippen LogP contribution in [0.2, 0.25) is 0 Å². The largest absolute Gasteiger partial charge is 0.423 e. The third-order valence-corrected chi connectivity index (χ3v) is 4.77. The van der Waals surface area contributed by atoms with Crippen LogP contribution in [0.3, 0.4) is 0 Å². The maximum absolute atomic E-state index is 11.7. The van der Waals surface area contributed by atoms with Gasteiger partial charge in [0.25, 0.3) is 6.01 Å². The van der Waals surface area contributed by atoms with Crippen LogP contribution < -0.4 is 10.6 Å². The van der Waals surface area contributed by atoms with Gasteiger partial charge in [-0.25, -0.2) is 9.89 Å². The first kappa shape index (κ1) is 15.0. The fourth-order valence-corrected chi connectivity index (χ4v) is 3.44. The van der Waals surface area contributed by atoms with Crippen molar-refractivity contribution in [2.24, 2.45) is 0 Å². The maximum atomic E-state index is 11.7. The number of aromatic amines is 1. The Morgan fingerprint density at radius 3 is 2.88 bits per heavy atom. The quantitative estimate of drug-likeness (QED) is 0.799. The van der Waals surface area contributed by atoms with Gasteiger partial charge in [-0.05, 0) is 44.4 Å². The van der Waals surface area contributed by atoms with Gasteiger partial charge in [0.1, 0.15) is 11.3 Å². The lowest BCUT2D eigenvalue weighted by atomic mass is 9.96. The Hall–Kier alpha value is -2.57. The zero-order valence-electron chi connectivity index (χ0n) is 14.0. The highest BCUT2D eigenvalue weighted by molar-refractivity contribution is 5.75. The summed E-state index contributed by atoms with van der Waals surface area (Å²) < 4.78 is 7.62. The third kappa shape index (κ3) is 2.50. The molecule has 0 spiro atoms. The molecular weight excluding hydrogens is 306 g/mol. The Morgan fingerprint density at radius 2 is 2.12 bits per heavy atom. The summed E-state index contributed by atoms with van der Waals surface area (Å²) in [5.41, 5.74) is 2.78. The summed E-state index contributed by atoms with van der Waals surface area (Å²) in [6, 6.07) is 6.73. The number of H-pyrrole nitrogens is 1. The number of anilines is 1. The van der Waals surface area contributed by atoms with E-state index >= 15 is 0 Å². The van der Waals surface area contributed by atoms with Gasteiger partial charge in [0.2, 0.25) is 0 Å². The molecule has 3 heterocycles. The summed E-state index contributed by atoms with van der Waals surface area (Å²) in [6.45, 7) is 6.37. The molecule has 7 heteroatoms. The molecule has 1 N–H and O–H groups in total. The second kappa shape index (κ2) is 5.81. The van der Waals surface area contributed by atoms with Crippen LogP contribution in [-0.4, -0.2) is 32.8 Å². The molecule has 0 saturated carbocycles. The number of aromatic nitrogens is 4. The van der Waals surface area contributed by atoms with Gasteiger partial charge < -0.3 is 9.32 Å². The molecule has 0 atom stereocenters. The van der Waals surface area contributed by atoms with E-state index in [9.17, 15) is 4.79 Å². The fraction of sp³-hybridized carbons (Fsp3) is 0.471. The molecule has 0 radical (unpaired) electrons. The second-order valence-corrected chi connectivity index (χ2v) is 6.36. The van der Waals surface area contributed by atoms with Crippen LogP contribution in [0.1, 0.15) is 37.1 Å². The lowest BCUT2D eigenvalue weighted by Gasteiger charge is -2.30. The van der Waals surface area contributed by atoms with Gasteiger partial charge in [0, 0.05) is 25.6 Å². The van der Waals surface area contributed by atoms with E-state index in [1.54, 1.807) is 4.57 Å². The number of rotatable bonds is 3. The predicted octanol–water partition coefficient (Wildman–Crippen LogP) is 2.42. The summed E-state index contributed by atoms with van der Waals surface area (Å²) in [5, 5.41) is 6.78. The Morgan fingerprint density at radius 1 is 1.33 bits per heavy atom. The van der Waals surface area contributed by atoms with Crippen LogP contribution in [0.4, 0.5) is 6.01 Å². The van der Waals surface area contributed by atoms with Crippen molar-refractivity contribution in [2.75, 3.05) is 18.0 Å². The van der Waals surface area contributed by atoms with Crippen molar-refractivity contribution in [1.82, 2.24) is 19.7 Å². The Kier molecular flexibility index (Phi) is 3.63. The number of benzene rings is 1. The van der Waals surface area contributed by atoms with Crippen LogP contribution in [0, 0.1) is 6.92 Å². The number of nitrogens with zero attached hydrogens (tertiary/aromatic N) is 4. The van der Waals surface area contributed by atoms with E-state index in [0.717, 1.165) is 42.9 Å². The zero-order chi connectivity index (χ0) is 16.7. The standard InChI is InChI=1S/C17H21N5O2/c1-3-22-15(19-20-16(22)23)12-6-8-21(9-7-12)17-18-13-10-11(2)4-5-14(13)24-17/h4-5,10,12H,3,6-9H2,1-2H3,(H,20,23). The summed E-state index contributed by atoms with van der Waals surface area (Å²) >= 11 is 0. The third-order valence-electron chi connectivity index (χ3n) is 4.77. The molecule has 3 aromatic rings. The summed E-state index contributed by atoms with van der Waals surface area (Å²) in [4.78, 5) is 18.5. The van der Waals surface area contributed by atoms with E-state index in [4.69, 9.17) is 4.42 Å². The van der Waals surface area contributed by atoms with Gasteiger partial charge >= 0.3 is 5.69 Å². The monoisotopic (exact) mass is 327 g/mol. The lowest BCUT2D eigenvalue weighted by Crippen LogP contribution is -2.34. The summed E-state index contributed by atoms with van der Waals surface area (Å²) in [6.07, 6.45) is 1.87. The number of fused-ring (bicyclic) bond motifs is 1. The molecule has 0 bridgehead atoms. The molecule has 0 aliphatic carbocycles. The number of aryl methyl sites for hydroxylation is 1. The SMILES string of the molecule is CCn1c(C2CCN(c3nc4cc(C)ccc4o3)CC2)n[nH]c1=O. The number of hydrogen-bond donors (Lipinski definition) is 1. The molecule has 1 aliphatic rings. The smallest absolute Gasteiger partial charge is 0.343 e. The van der Waals surface area contributed by atoms with Crippen molar-refractivity contribution in [1.29, 1.82) is 0 Å². The first-order valence-corrected chi connectivity index (χ1v) is 8.43. The number of oxazole rings is 1. The molecule has 1 aromatic carbocycles. The summed E-state index contributed by atoms with van der Waals surface area (Å²) in [7, 11) is 0. The molecule has 7 nitrogen and oxygen atoms in total. The van der Waals surface area contributed by atoms with Gasteiger partial charge in [-0.3, -0.25) is 4.57 Å². The minimum atomic E-state index is -0.121. The van der Waals surface area contributed by atoms with Crippen molar-refractivity contribution in [3.8, 4) is 0 Å². The molecular formula is C17H21N5O2. The van der Waals surface area contributed by atoms with Crippen LogP contribution in [0.25, 0.3) is 11.1 Å². The highest BCUT2D eigenvalue weighted by atomic mass is 16.4. The fourth-order valence-electron chi connectivity index (χ4n) is 3.44. The molecule has 2 aromatic heterocycles. The van der Waals surface area contributed by atoms with Gasteiger partial charge in [0.05, 0.1) is 0 Å². The number of piperidine rings is 1. The minimum absolute atomic E-state index is 0.121. The van der Waals surface area contributed by atoms with Gasteiger partial charge in [0.15, 0.2) is 5.58 Å². The maximum Gasteiger partial charge on any atom is 0.343 e. The number of nitrogens with one attached hydrogen (secondary N) is 1. The van der Waals surface area contributed by atoms with Crippen LogP contribution in [-0.2, 0) is 6.54 Å². The van der Waals surface area contributed by atoms with Crippen LogP contribution >= 0.6 is 0 Å². The van der Waals surface area contributed by atoms with Crippen molar-refractivity contribution < 1.29 is 4.42 Å². The van der Waals surface area contributed by atoms with E-state index in [2.05, 4.69) is 27.0 Å². The Balaban J connectivity index is 1.51. The van der Waals surface area contributed by atoms with Crippen molar-refractivity contribution >= 4 is 17.1 Å². The highest BCUT2D eigenvalue weighted by Gasteiger charge is 2.27. The van der Waals surface area contributed by atoms with E-state index in [1.165, 1.54) is 5.56 Å². The predicted molar refractivity (Wildman–Crippen MR) is 91.5 cm³/mol. The average Bonchev–Trinajstić information content (AvgIpc) is 3.17. The molecule has 24 heavy (non-hydrogen) atoms. The van der Waals surface area contributed by atoms with Gasteiger partial charge in [-0.1, -0.05) is 6.07 Å². The molecule has 1 saturated heterocycles. The van der Waals surface area contributed by atoms with E-state index < -0.39 is 0 Å². The number of hydrogen-bond acceptors (Lipinski definition) is 5. The van der Waals surface area contributed by atoms with E-state index in [-0.39, 0.29) is 5.69 Å². The van der Waals surface area contributed by atoms with Gasteiger partial charge in [-0.15, -0.1) is 0 Å². The molecule has 1 fully saturated rings. The van der Waals surface area contributed by atoms with Crippen molar-refractivity contribution in [2.45, 2.75) is 39.2 Å². The molecule has 126 valence electrons. The second-order valence-electron chi connectivity index (χ2n) is 6.36. The molecule has 1 aliphatic heterocycles. The Bertz CT molecular complexity index is 915. The first-order valence-electron chi connectivity index (χ1n) is 8.43. The van der Waals surface area contributed by atoms with Crippen molar-refractivity contribution in [3.05, 3.63) is 40.1 Å². The lowest BCUT2D eigenvalue weighted by molar-refractivity contribution is 0.442. The molecule has 0 unspecified atom stereocenters. The van der Waals surface area contributed by atoms with Crippen molar-refractivity contribution in [3.63, 3.8) is 0 Å². The summed E-state index contributed by atoms with van der Waals surface area (Å²) in [5.74, 6) is 1.17.